The molecule has 1 aliphatic rings. The molecule has 1 aromatic heterocycles. The van der Waals surface area contributed by atoms with Crippen molar-refractivity contribution >= 4 is 20.4 Å². The maximum Gasteiger partial charge on any atom is 0.330 e. The Morgan fingerprint density at radius 1 is 1.71 bits per heavy atom. The van der Waals surface area contributed by atoms with E-state index in [1.807, 2.05) is 0 Å². The number of ether oxygens (including phenoxy) is 1. The van der Waals surface area contributed by atoms with Crippen LogP contribution in [0.2, 0.25) is 0 Å². The number of aromatic nitrogens is 2. The van der Waals surface area contributed by atoms with Gasteiger partial charge in [-0.25, -0.2) is 4.79 Å². The monoisotopic (exact) mass is 356 g/mol. The standard InChI is InChI=1S/C13H13BrN2O5/c1-3-13(6-17)9(18)4-10(21-13)16-5-8(7(2)14)11(19)15-12(16)20/h1,5,9-10,17-18H,2,4,6H2,(H,15,19,20)/t9-,10+,13+/m0/s1. The third-order valence-electron chi connectivity index (χ3n) is 3.36. The summed E-state index contributed by atoms with van der Waals surface area (Å²) in [7, 11) is 0. The van der Waals surface area contributed by atoms with Gasteiger partial charge in [-0.05, 0) is 0 Å². The van der Waals surface area contributed by atoms with Crippen molar-refractivity contribution < 1.29 is 14.9 Å². The first-order chi connectivity index (χ1) is 9.84. The maximum atomic E-state index is 11.9. The van der Waals surface area contributed by atoms with Gasteiger partial charge in [0.15, 0.2) is 5.60 Å². The van der Waals surface area contributed by atoms with Crippen LogP contribution in [0.1, 0.15) is 18.2 Å². The molecule has 0 bridgehead atoms. The lowest BCUT2D eigenvalue weighted by atomic mass is 9.99. The second kappa shape index (κ2) is 5.61. The molecule has 3 N–H and O–H groups in total. The fourth-order valence-electron chi connectivity index (χ4n) is 2.13. The molecule has 0 amide bonds. The number of hydrogen-bond donors (Lipinski definition) is 3. The molecule has 1 fully saturated rings. The van der Waals surface area contributed by atoms with Crippen LogP contribution in [0, 0.1) is 12.3 Å². The van der Waals surface area contributed by atoms with Crippen LogP contribution in [0.5, 0.6) is 0 Å². The summed E-state index contributed by atoms with van der Waals surface area (Å²) >= 11 is 3.07. The van der Waals surface area contributed by atoms with Crippen molar-refractivity contribution in [3.05, 3.63) is 39.2 Å². The van der Waals surface area contributed by atoms with Gasteiger partial charge in [-0.1, -0.05) is 28.4 Å². The van der Waals surface area contributed by atoms with E-state index < -0.39 is 35.8 Å². The molecule has 0 saturated carbocycles. The number of nitrogens with one attached hydrogen (secondary N) is 1. The average Bonchev–Trinajstić information content (AvgIpc) is 2.75. The molecular formula is C13H13BrN2O5. The van der Waals surface area contributed by atoms with Gasteiger partial charge in [0.2, 0.25) is 0 Å². The number of terminal acetylenes is 1. The van der Waals surface area contributed by atoms with Gasteiger partial charge in [-0.15, -0.1) is 6.42 Å². The normalized spacial score (nSPS) is 28.3. The van der Waals surface area contributed by atoms with Gasteiger partial charge in [0.05, 0.1) is 12.2 Å². The first-order valence-electron chi connectivity index (χ1n) is 5.99. The van der Waals surface area contributed by atoms with Gasteiger partial charge in [0, 0.05) is 17.1 Å². The molecule has 21 heavy (non-hydrogen) atoms. The van der Waals surface area contributed by atoms with Crippen molar-refractivity contribution in [2.75, 3.05) is 6.61 Å². The number of aliphatic hydroxyl groups excluding tert-OH is 2. The van der Waals surface area contributed by atoms with E-state index in [1.165, 1.54) is 6.20 Å². The summed E-state index contributed by atoms with van der Waals surface area (Å²) in [5.74, 6) is 2.21. The average molecular weight is 357 g/mol. The molecule has 1 saturated heterocycles. The second-order valence-electron chi connectivity index (χ2n) is 4.63. The van der Waals surface area contributed by atoms with E-state index in [2.05, 4.69) is 33.4 Å². The molecular weight excluding hydrogens is 344 g/mol. The highest BCUT2D eigenvalue weighted by atomic mass is 79.9. The Hall–Kier alpha value is -1.66. The molecule has 0 spiro atoms. The Morgan fingerprint density at radius 2 is 2.38 bits per heavy atom. The van der Waals surface area contributed by atoms with Crippen molar-refractivity contribution in [1.82, 2.24) is 9.55 Å². The van der Waals surface area contributed by atoms with Crippen molar-refractivity contribution in [3.63, 3.8) is 0 Å². The second-order valence-corrected chi connectivity index (χ2v) is 5.59. The van der Waals surface area contributed by atoms with E-state index in [1.54, 1.807) is 0 Å². The van der Waals surface area contributed by atoms with Gasteiger partial charge < -0.3 is 14.9 Å². The van der Waals surface area contributed by atoms with Crippen molar-refractivity contribution in [2.45, 2.75) is 24.4 Å². The molecule has 1 aliphatic heterocycles. The van der Waals surface area contributed by atoms with Crippen LogP contribution in [0.25, 0.3) is 4.48 Å². The predicted octanol–water partition coefficient (Wildman–Crippen LogP) is -0.454. The molecule has 0 aromatic carbocycles. The Balaban J connectivity index is 2.48. The Labute approximate surface area is 128 Å². The summed E-state index contributed by atoms with van der Waals surface area (Å²) in [6.07, 6.45) is 4.52. The number of hydrogen-bond acceptors (Lipinski definition) is 5. The first kappa shape index (κ1) is 15.7. The SMILES string of the molecule is C#C[C@]1(CO)O[C@@H](n2cc(C(=C)Br)c(=O)[nH]c2=O)C[C@@H]1O. The quantitative estimate of drug-likeness (QED) is 0.636. The number of H-pyrrole nitrogens is 1. The topological polar surface area (TPSA) is 105 Å². The molecule has 2 rings (SSSR count). The number of rotatable bonds is 3. The highest BCUT2D eigenvalue weighted by Gasteiger charge is 2.47. The van der Waals surface area contributed by atoms with Crippen LogP contribution >= 0.6 is 15.9 Å². The van der Waals surface area contributed by atoms with E-state index in [-0.39, 0.29) is 12.0 Å². The van der Waals surface area contributed by atoms with Crippen molar-refractivity contribution in [2.24, 2.45) is 0 Å². The smallest absolute Gasteiger partial charge is 0.330 e. The zero-order valence-corrected chi connectivity index (χ0v) is 12.5. The summed E-state index contributed by atoms with van der Waals surface area (Å²) in [6, 6.07) is 0. The molecule has 0 aliphatic carbocycles. The van der Waals surface area contributed by atoms with Crippen LogP contribution in [-0.2, 0) is 4.74 Å². The predicted molar refractivity (Wildman–Crippen MR) is 78.7 cm³/mol. The molecule has 2 heterocycles. The van der Waals surface area contributed by atoms with Gasteiger partial charge in [0.25, 0.3) is 5.56 Å². The maximum absolute atomic E-state index is 11.9. The van der Waals surface area contributed by atoms with E-state index in [9.17, 15) is 19.8 Å². The summed E-state index contributed by atoms with van der Waals surface area (Å²) in [4.78, 5) is 25.6. The third kappa shape index (κ3) is 2.61. The largest absolute Gasteiger partial charge is 0.392 e. The van der Waals surface area contributed by atoms with Crippen LogP contribution in [0.15, 0.2) is 22.4 Å². The lowest BCUT2D eigenvalue weighted by Gasteiger charge is -2.23. The summed E-state index contributed by atoms with van der Waals surface area (Å²) in [5.41, 5.74) is -2.72. The highest BCUT2D eigenvalue weighted by Crippen LogP contribution is 2.35. The van der Waals surface area contributed by atoms with Gasteiger partial charge >= 0.3 is 5.69 Å². The third-order valence-corrected chi connectivity index (χ3v) is 3.79. The number of halogens is 1. The zero-order valence-electron chi connectivity index (χ0n) is 10.9. The van der Waals surface area contributed by atoms with Crippen LogP contribution in [0.4, 0.5) is 0 Å². The Morgan fingerprint density at radius 3 is 2.86 bits per heavy atom. The Bertz CT molecular complexity index is 731. The van der Waals surface area contributed by atoms with Crippen LogP contribution in [0.3, 0.4) is 0 Å². The zero-order chi connectivity index (χ0) is 15.8. The minimum absolute atomic E-state index is 0.00487. The summed E-state index contributed by atoms with van der Waals surface area (Å²) in [5, 5.41) is 19.3. The molecule has 7 nitrogen and oxygen atoms in total. The van der Waals surface area contributed by atoms with Crippen molar-refractivity contribution in [3.8, 4) is 12.3 Å². The fraction of sp³-hybridized carbons (Fsp3) is 0.385. The van der Waals surface area contributed by atoms with Gasteiger partial charge in [0.1, 0.15) is 12.3 Å². The first-order valence-corrected chi connectivity index (χ1v) is 6.78. The van der Waals surface area contributed by atoms with Gasteiger partial charge in [-0.3, -0.25) is 14.3 Å². The van der Waals surface area contributed by atoms with Gasteiger partial charge in [-0.2, -0.15) is 0 Å². The van der Waals surface area contributed by atoms with E-state index in [0.717, 1.165) is 4.57 Å². The van der Waals surface area contributed by atoms with Crippen LogP contribution in [-0.4, -0.2) is 38.1 Å². The molecule has 3 atom stereocenters. The molecule has 0 unspecified atom stereocenters. The molecule has 1 aromatic rings. The summed E-state index contributed by atoms with van der Waals surface area (Å²) in [6.45, 7) is 2.99. The van der Waals surface area contributed by atoms with E-state index in [0.29, 0.717) is 4.48 Å². The minimum atomic E-state index is -1.56. The summed E-state index contributed by atoms with van der Waals surface area (Å²) < 4.78 is 6.85. The fourth-order valence-corrected chi connectivity index (χ4v) is 2.41. The number of aromatic amines is 1. The van der Waals surface area contributed by atoms with Crippen molar-refractivity contribution in [1.29, 1.82) is 0 Å². The number of nitrogens with zero attached hydrogens (tertiary/aromatic N) is 1. The minimum Gasteiger partial charge on any atom is -0.392 e. The number of aliphatic hydroxyl groups is 2. The van der Waals surface area contributed by atoms with E-state index in [4.69, 9.17) is 11.2 Å². The lowest BCUT2D eigenvalue weighted by Crippen LogP contribution is -2.41. The highest BCUT2D eigenvalue weighted by molar-refractivity contribution is 9.15. The Kier molecular flexibility index (Phi) is 4.20. The molecule has 8 heteroatoms. The molecule has 112 valence electrons. The van der Waals surface area contributed by atoms with Crippen LogP contribution < -0.4 is 11.2 Å². The molecule has 0 radical (unpaired) electrons. The van der Waals surface area contributed by atoms with E-state index >= 15 is 0 Å². The lowest BCUT2D eigenvalue weighted by molar-refractivity contribution is -0.0912.